The first-order valence-corrected chi connectivity index (χ1v) is 10.2. The molecule has 3 heteroatoms. The van der Waals surface area contributed by atoms with E-state index >= 15 is 0 Å². The van der Waals surface area contributed by atoms with Crippen molar-refractivity contribution in [3.63, 3.8) is 0 Å². The van der Waals surface area contributed by atoms with Gasteiger partial charge >= 0.3 is 0 Å². The van der Waals surface area contributed by atoms with E-state index in [0.717, 1.165) is 18.6 Å². The van der Waals surface area contributed by atoms with E-state index in [4.69, 9.17) is 4.74 Å². The van der Waals surface area contributed by atoms with Gasteiger partial charge in [0.15, 0.2) is 0 Å². The summed E-state index contributed by atoms with van der Waals surface area (Å²) in [6.07, 6.45) is 10.4. The molecule has 1 spiro atoms. The molecule has 0 radical (unpaired) electrons. The summed E-state index contributed by atoms with van der Waals surface area (Å²) in [5.74, 6) is 0.941. The lowest BCUT2D eigenvalue weighted by atomic mass is 9.71. The van der Waals surface area contributed by atoms with Crippen molar-refractivity contribution in [1.29, 1.82) is 0 Å². The van der Waals surface area contributed by atoms with Crippen LogP contribution in [0.5, 0.6) is 0 Å². The van der Waals surface area contributed by atoms with Crippen LogP contribution in [0, 0.1) is 11.3 Å². The minimum absolute atomic E-state index is 0.584. The molecule has 0 N–H and O–H groups in total. The van der Waals surface area contributed by atoms with Gasteiger partial charge in [-0.1, -0.05) is 0 Å². The molecule has 3 fully saturated rings. The maximum absolute atomic E-state index is 5.68. The third kappa shape index (κ3) is 4.49. The first-order valence-electron chi connectivity index (χ1n) is 10.2. The van der Waals surface area contributed by atoms with Crippen molar-refractivity contribution in [3.05, 3.63) is 0 Å². The summed E-state index contributed by atoms with van der Waals surface area (Å²) >= 11 is 0. The van der Waals surface area contributed by atoms with E-state index in [9.17, 15) is 0 Å². The maximum Gasteiger partial charge on any atom is 0.0580 e. The Morgan fingerprint density at radius 3 is 2.17 bits per heavy atom. The van der Waals surface area contributed by atoms with Gasteiger partial charge in [0.1, 0.15) is 0 Å². The van der Waals surface area contributed by atoms with Crippen LogP contribution in [0.3, 0.4) is 0 Å². The van der Waals surface area contributed by atoms with Crippen molar-refractivity contribution in [3.8, 4) is 0 Å². The Balaban J connectivity index is 1.32. The molecule has 2 saturated heterocycles. The Bertz CT molecular complexity index is 347. The summed E-state index contributed by atoms with van der Waals surface area (Å²) in [4.78, 5) is 5.41. The quantitative estimate of drug-likeness (QED) is 0.740. The Hall–Kier alpha value is -0.120. The van der Waals surface area contributed by atoms with Crippen LogP contribution < -0.4 is 0 Å². The third-order valence-electron chi connectivity index (χ3n) is 6.95. The van der Waals surface area contributed by atoms with Crippen LogP contribution in [0.15, 0.2) is 0 Å². The number of likely N-dealkylation sites (tertiary alicyclic amines) is 2. The Labute approximate surface area is 143 Å². The highest BCUT2D eigenvalue weighted by Crippen LogP contribution is 2.42. The summed E-state index contributed by atoms with van der Waals surface area (Å²) in [7, 11) is 0. The van der Waals surface area contributed by atoms with Gasteiger partial charge in [-0.3, -0.25) is 0 Å². The van der Waals surface area contributed by atoms with Gasteiger partial charge in [0.2, 0.25) is 0 Å². The summed E-state index contributed by atoms with van der Waals surface area (Å²) in [6.45, 7) is 14.4. The lowest BCUT2D eigenvalue weighted by Gasteiger charge is -2.48. The number of piperidine rings is 2. The lowest BCUT2D eigenvalue weighted by Crippen LogP contribution is -2.48. The standard InChI is InChI=1S/C20H38N2O/c1-4-23-19-15-18(16-19)5-10-21-11-6-20(7-12-21)8-13-22(14-9-20)17(2)3/h17-19H,4-16H2,1-3H3. The zero-order valence-corrected chi connectivity index (χ0v) is 15.7. The molecule has 0 aromatic rings. The van der Waals surface area contributed by atoms with Gasteiger partial charge in [-0.15, -0.1) is 0 Å². The van der Waals surface area contributed by atoms with Crippen molar-refractivity contribution < 1.29 is 4.74 Å². The molecule has 2 aliphatic heterocycles. The molecule has 0 bridgehead atoms. The minimum atomic E-state index is 0.584. The molecule has 1 aliphatic carbocycles. The third-order valence-corrected chi connectivity index (χ3v) is 6.95. The zero-order valence-electron chi connectivity index (χ0n) is 15.7. The number of hydrogen-bond acceptors (Lipinski definition) is 3. The summed E-state index contributed by atoms with van der Waals surface area (Å²) in [5, 5.41) is 0. The van der Waals surface area contributed by atoms with Crippen molar-refractivity contribution in [2.24, 2.45) is 11.3 Å². The Kier molecular flexibility index (Phi) is 6.03. The minimum Gasteiger partial charge on any atom is -0.378 e. The Morgan fingerprint density at radius 1 is 1.00 bits per heavy atom. The van der Waals surface area contributed by atoms with Gasteiger partial charge in [0, 0.05) is 12.6 Å². The summed E-state index contributed by atoms with van der Waals surface area (Å²) in [6, 6.07) is 0.732. The highest BCUT2D eigenvalue weighted by Gasteiger charge is 2.38. The molecule has 0 unspecified atom stereocenters. The second-order valence-corrected chi connectivity index (χ2v) is 8.67. The van der Waals surface area contributed by atoms with Crippen molar-refractivity contribution in [2.75, 3.05) is 39.3 Å². The van der Waals surface area contributed by atoms with Crippen LogP contribution >= 0.6 is 0 Å². The molecular weight excluding hydrogens is 284 g/mol. The molecule has 134 valence electrons. The molecule has 2 heterocycles. The van der Waals surface area contributed by atoms with Gasteiger partial charge in [-0.2, -0.15) is 0 Å². The van der Waals surface area contributed by atoms with E-state index in [1.807, 2.05) is 0 Å². The fraction of sp³-hybridized carbons (Fsp3) is 1.00. The second-order valence-electron chi connectivity index (χ2n) is 8.67. The fourth-order valence-electron chi connectivity index (χ4n) is 4.91. The molecule has 1 saturated carbocycles. The van der Waals surface area contributed by atoms with E-state index in [0.29, 0.717) is 11.5 Å². The van der Waals surface area contributed by atoms with Crippen LogP contribution in [-0.2, 0) is 4.74 Å². The number of rotatable bonds is 6. The van der Waals surface area contributed by atoms with Gasteiger partial charge in [0.25, 0.3) is 0 Å². The monoisotopic (exact) mass is 322 g/mol. The highest BCUT2D eigenvalue weighted by molar-refractivity contribution is 4.91. The number of hydrogen-bond donors (Lipinski definition) is 0. The smallest absolute Gasteiger partial charge is 0.0580 e. The van der Waals surface area contributed by atoms with E-state index in [1.54, 1.807) is 0 Å². The van der Waals surface area contributed by atoms with Crippen molar-refractivity contribution >= 4 is 0 Å². The fourth-order valence-corrected chi connectivity index (χ4v) is 4.91. The number of ether oxygens (including phenoxy) is 1. The zero-order chi connectivity index (χ0) is 16.3. The van der Waals surface area contributed by atoms with Crippen LogP contribution in [-0.4, -0.2) is 61.3 Å². The van der Waals surface area contributed by atoms with Gasteiger partial charge in [-0.05, 0) is 110 Å². The predicted octanol–water partition coefficient (Wildman–Crippen LogP) is 3.78. The molecule has 0 amide bonds. The molecule has 3 nitrogen and oxygen atoms in total. The van der Waals surface area contributed by atoms with Crippen LogP contribution in [0.4, 0.5) is 0 Å². The van der Waals surface area contributed by atoms with Crippen LogP contribution in [0.1, 0.15) is 65.7 Å². The largest absolute Gasteiger partial charge is 0.378 e. The first-order chi connectivity index (χ1) is 11.1. The molecular formula is C20H38N2O. The second kappa shape index (κ2) is 7.84. The molecule has 3 rings (SSSR count). The van der Waals surface area contributed by atoms with Crippen molar-refractivity contribution in [1.82, 2.24) is 9.80 Å². The lowest BCUT2D eigenvalue weighted by molar-refractivity contribution is -0.0313. The molecule has 0 aromatic carbocycles. The molecule has 3 aliphatic rings. The average molecular weight is 323 g/mol. The van der Waals surface area contributed by atoms with E-state index in [-0.39, 0.29) is 0 Å². The highest BCUT2D eigenvalue weighted by atomic mass is 16.5. The Morgan fingerprint density at radius 2 is 1.61 bits per heavy atom. The maximum atomic E-state index is 5.68. The van der Waals surface area contributed by atoms with E-state index in [1.165, 1.54) is 77.7 Å². The van der Waals surface area contributed by atoms with E-state index in [2.05, 4.69) is 30.6 Å². The van der Waals surface area contributed by atoms with Gasteiger partial charge in [-0.25, -0.2) is 0 Å². The first kappa shape index (κ1) is 17.7. The summed E-state index contributed by atoms with van der Waals surface area (Å²) in [5.41, 5.74) is 0.693. The molecule has 0 aromatic heterocycles. The predicted molar refractivity (Wildman–Crippen MR) is 96.8 cm³/mol. The topological polar surface area (TPSA) is 15.7 Å². The van der Waals surface area contributed by atoms with E-state index < -0.39 is 0 Å². The van der Waals surface area contributed by atoms with Crippen molar-refractivity contribution in [2.45, 2.75) is 77.9 Å². The van der Waals surface area contributed by atoms with Crippen LogP contribution in [0.2, 0.25) is 0 Å². The average Bonchev–Trinajstić information content (AvgIpc) is 2.52. The number of nitrogens with zero attached hydrogens (tertiary/aromatic N) is 2. The van der Waals surface area contributed by atoms with Gasteiger partial charge in [0.05, 0.1) is 6.10 Å². The van der Waals surface area contributed by atoms with Crippen LogP contribution in [0.25, 0.3) is 0 Å². The summed E-state index contributed by atoms with van der Waals surface area (Å²) < 4.78 is 5.68. The SMILES string of the molecule is CCOC1CC(CCN2CCC3(CC2)CCN(C(C)C)CC3)C1. The molecule has 0 atom stereocenters. The normalized spacial score (nSPS) is 32.3. The molecule has 23 heavy (non-hydrogen) atoms. The van der Waals surface area contributed by atoms with Gasteiger partial charge < -0.3 is 14.5 Å².